The highest BCUT2D eigenvalue weighted by molar-refractivity contribution is 5.28. The minimum Gasteiger partial charge on any atom is -0.352 e. The van der Waals surface area contributed by atoms with E-state index in [1.165, 1.54) is 18.2 Å². The van der Waals surface area contributed by atoms with Crippen molar-refractivity contribution in [1.29, 1.82) is 0 Å². The molecule has 124 valence electrons. The minimum atomic E-state index is -0.294. The molecule has 0 saturated heterocycles. The summed E-state index contributed by atoms with van der Waals surface area (Å²) in [6.45, 7) is 2.38. The first-order valence-electron chi connectivity index (χ1n) is 7.68. The summed E-state index contributed by atoms with van der Waals surface area (Å²) in [5.74, 6) is 0.0759. The number of rotatable bonds is 6. The van der Waals surface area contributed by atoms with Crippen molar-refractivity contribution < 1.29 is 4.39 Å². The van der Waals surface area contributed by atoms with Crippen LogP contribution in [0.2, 0.25) is 0 Å². The van der Waals surface area contributed by atoms with Crippen LogP contribution in [0.25, 0.3) is 0 Å². The van der Waals surface area contributed by atoms with Gasteiger partial charge in [-0.2, -0.15) is 5.10 Å². The van der Waals surface area contributed by atoms with Gasteiger partial charge in [-0.05, 0) is 30.7 Å². The number of nitrogens with zero attached hydrogens (tertiary/aromatic N) is 3. The van der Waals surface area contributed by atoms with Crippen LogP contribution in [-0.2, 0) is 13.0 Å². The van der Waals surface area contributed by atoms with E-state index < -0.39 is 0 Å². The SMILES string of the molecule is C[C@H](Cc1cc(=O)[nH]c(NCc2cccc(F)c2)n1)n1cccn1. The Morgan fingerprint density at radius 1 is 1.33 bits per heavy atom. The summed E-state index contributed by atoms with van der Waals surface area (Å²) >= 11 is 0. The summed E-state index contributed by atoms with van der Waals surface area (Å²) in [7, 11) is 0. The van der Waals surface area contributed by atoms with Crippen LogP contribution in [-0.4, -0.2) is 19.7 Å². The van der Waals surface area contributed by atoms with Crippen molar-refractivity contribution in [3.63, 3.8) is 0 Å². The van der Waals surface area contributed by atoms with Crippen LogP contribution < -0.4 is 10.9 Å². The van der Waals surface area contributed by atoms with Gasteiger partial charge in [-0.15, -0.1) is 0 Å². The molecule has 0 radical (unpaired) electrons. The van der Waals surface area contributed by atoms with E-state index in [0.29, 0.717) is 24.6 Å². The lowest BCUT2D eigenvalue weighted by Gasteiger charge is -2.12. The second-order valence-electron chi connectivity index (χ2n) is 5.61. The number of hydrogen-bond donors (Lipinski definition) is 2. The smallest absolute Gasteiger partial charge is 0.252 e. The molecule has 0 spiro atoms. The van der Waals surface area contributed by atoms with Crippen molar-refractivity contribution in [2.24, 2.45) is 0 Å². The zero-order chi connectivity index (χ0) is 16.9. The highest BCUT2D eigenvalue weighted by Gasteiger charge is 2.09. The first-order chi connectivity index (χ1) is 11.6. The molecule has 2 aromatic heterocycles. The second-order valence-corrected chi connectivity index (χ2v) is 5.61. The van der Waals surface area contributed by atoms with Crippen molar-refractivity contribution in [3.8, 4) is 0 Å². The zero-order valence-electron chi connectivity index (χ0n) is 13.2. The van der Waals surface area contributed by atoms with Gasteiger partial charge in [0.05, 0.1) is 11.7 Å². The number of nitrogens with one attached hydrogen (secondary N) is 2. The van der Waals surface area contributed by atoms with Gasteiger partial charge >= 0.3 is 0 Å². The highest BCUT2D eigenvalue weighted by atomic mass is 19.1. The standard InChI is InChI=1S/C17H18FN5O/c1-12(23-7-3-6-20-23)8-15-10-16(24)22-17(21-15)19-11-13-4-2-5-14(18)9-13/h2-7,9-10,12H,8,11H2,1H3,(H2,19,21,22,24)/t12-/m1/s1. The summed E-state index contributed by atoms with van der Waals surface area (Å²) < 4.78 is 15.0. The fourth-order valence-electron chi connectivity index (χ4n) is 2.47. The Balaban J connectivity index is 1.70. The van der Waals surface area contributed by atoms with Crippen molar-refractivity contribution >= 4 is 5.95 Å². The second kappa shape index (κ2) is 7.08. The van der Waals surface area contributed by atoms with E-state index in [1.807, 2.05) is 23.9 Å². The third-order valence-corrected chi connectivity index (χ3v) is 3.62. The third kappa shape index (κ3) is 4.07. The van der Waals surface area contributed by atoms with E-state index in [4.69, 9.17) is 0 Å². The van der Waals surface area contributed by atoms with E-state index in [1.54, 1.807) is 18.3 Å². The molecule has 7 heteroatoms. The van der Waals surface area contributed by atoms with Gasteiger partial charge in [0, 0.05) is 31.4 Å². The number of benzene rings is 1. The molecule has 3 aromatic rings. The van der Waals surface area contributed by atoms with Crippen molar-refractivity contribution in [3.05, 3.63) is 76.2 Å². The summed E-state index contributed by atoms with van der Waals surface area (Å²) in [6, 6.07) is 9.70. The van der Waals surface area contributed by atoms with E-state index in [-0.39, 0.29) is 17.4 Å². The van der Waals surface area contributed by atoms with Gasteiger partial charge in [-0.3, -0.25) is 14.5 Å². The van der Waals surface area contributed by atoms with Crippen LogP contribution in [0.3, 0.4) is 0 Å². The quantitative estimate of drug-likeness (QED) is 0.729. The average Bonchev–Trinajstić information content (AvgIpc) is 3.07. The zero-order valence-corrected chi connectivity index (χ0v) is 13.2. The van der Waals surface area contributed by atoms with Gasteiger partial charge in [-0.25, -0.2) is 9.37 Å². The Labute approximate surface area is 138 Å². The number of hydrogen-bond acceptors (Lipinski definition) is 4. The summed E-state index contributed by atoms with van der Waals surface area (Å²) in [5.41, 5.74) is 1.21. The number of aromatic nitrogens is 4. The van der Waals surface area contributed by atoms with Crippen molar-refractivity contribution in [1.82, 2.24) is 19.7 Å². The van der Waals surface area contributed by atoms with Crippen LogP contribution in [0.5, 0.6) is 0 Å². The van der Waals surface area contributed by atoms with Crippen LogP contribution in [0, 0.1) is 5.82 Å². The van der Waals surface area contributed by atoms with Gasteiger partial charge in [0.2, 0.25) is 5.95 Å². The molecule has 1 aromatic carbocycles. The molecule has 6 nitrogen and oxygen atoms in total. The lowest BCUT2D eigenvalue weighted by molar-refractivity contribution is 0.484. The maximum absolute atomic E-state index is 13.2. The van der Waals surface area contributed by atoms with Gasteiger partial charge in [0.25, 0.3) is 5.56 Å². The molecule has 1 atom stereocenters. The Bertz CT molecular complexity index is 859. The van der Waals surface area contributed by atoms with Gasteiger partial charge in [-0.1, -0.05) is 12.1 Å². The normalized spacial score (nSPS) is 12.1. The molecule has 0 aliphatic rings. The molecule has 0 saturated carbocycles. The molecule has 24 heavy (non-hydrogen) atoms. The van der Waals surface area contributed by atoms with E-state index >= 15 is 0 Å². The van der Waals surface area contributed by atoms with Crippen LogP contribution in [0.15, 0.2) is 53.6 Å². The molecule has 0 amide bonds. The predicted molar refractivity (Wildman–Crippen MR) is 89.2 cm³/mol. The van der Waals surface area contributed by atoms with E-state index in [2.05, 4.69) is 20.4 Å². The maximum Gasteiger partial charge on any atom is 0.252 e. The number of H-pyrrole nitrogens is 1. The number of anilines is 1. The molecule has 2 N–H and O–H groups in total. The van der Waals surface area contributed by atoms with Crippen molar-refractivity contribution in [2.75, 3.05) is 5.32 Å². The fourth-order valence-corrected chi connectivity index (χ4v) is 2.47. The molecule has 0 unspecified atom stereocenters. The topological polar surface area (TPSA) is 75.6 Å². The Morgan fingerprint density at radius 3 is 2.96 bits per heavy atom. The number of aromatic amines is 1. The summed E-state index contributed by atoms with van der Waals surface area (Å²) in [4.78, 5) is 18.9. The highest BCUT2D eigenvalue weighted by Crippen LogP contribution is 2.11. The average molecular weight is 327 g/mol. The monoisotopic (exact) mass is 327 g/mol. The summed E-state index contributed by atoms with van der Waals surface area (Å²) in [5, 5.41) is 7.21. The maximum atomic E-state index is 13.2. The summed E-state index contributed by atoms with van der Waals surface area (Å²) in [6.07, 6.45) is 4.18. The largest absolute Gasteiger partial charge is 0.352 e. The van der Waals surface area contributed by atoms with Crippen LogP contribution >= 0.6 is 0 Å². The van der Waals surface area contributed by atoms with Crippen LogP contribution in [0.1, 0.15) is 24.2 Å². The van der Waals surface area contributed by atoms with Gasteiger partial charge in [0.1, 0.15) is 5.82 Å². The Morgan fingerprint density at radius 2 is 2.21 bits per heavy atom. The lowest BCUT2D eigenvalue weighted by Crippen LogP contribution is -2.16. The third-order valence-electron chi connectivity index (χ3n) is 3.62. The molecule has 0 fully saturated rings. The van der Waals surface area contributed by atoms with E-state index in [0.717, 1.165) is 5.56 Å². The number of halogens is 1. The Hall–Kier alpha value is -2.96. The predicted octanol–water partition coefficient (Wildman–Crippen LogP) is 2.52. The fraction of sp³-hybridized carbons (Fsp3) is 0.235. The van der Waals surface area contributed by atoms with Crippen LogP contribution in [0.4, 0.5) is 10.3 Å². The molecule has 0 aliphatic heterocycles. The van der Waals surface area contributed by atoms with E-state index in [9.17, 15) is 9.18 Å². The van der Waals surface area contributed by atoms with Gasteiger partial charge < -0.3 is 5.32 Å². The molecular formula is C17H18FN5O. The molecule has 3 rings (SSSR count). The first kappa shape index (κ1) is 15.9. The molecule has 0 aliphatic carbocycles. The van der Waals surface area contributed by atoms with Gasteiger partial charge in [0.15, 0.2) is 0 Å². The minimum absolute atomic E-state index is 0.0883. The molecular weight excluding hydrogens is 309 g/mol. The molecule has 0 bridgehead atoms. The lowest BCUT2D eigenvalue weighted by atomic mass is 10.2. The molecule has 2 heterocycles. The van der Waals surface area contributed by atoms with Crippen molar-refractivity contribution in [2.45, 2.75) is 25.9 Å². The Kier molecular flexibility index (Phi) is 4.69. The first-order valence-corrected chi connectivity index (χ1v) is 7.68.